The molecule has 1 aromatic carbocycles. The number of carbonyl (C=O) groups excluding carboxylic acids is 1. The Bertz CT molecular complexity index is 777. The molecule has 30 heavy (non-hydrogen) atoms. The number of rotatable bonds is 14. The molecule has 0 atom stereocenters. The van der Waals surface area contributed by atoms with E-state index in [1.807, 2.05) is 12.1 Å². The quantitative estimate of drug-likeness (QED) is 0.431. The summed E-state index contributed by atoms with van der Waals surface area (Å²) in [5.74, 6) is 0.131. The van der Waals surface area contributed by atoms with Gasteiger partial charge in [0.05, 0.1) is 24.3 Å². The van der Waals surface area contributed by atoms with Crippen molar-refractivity contribution in [3.8, 4) is 0 Å². The van der Waals surface area contributed by atoms with Gasteiger partial charge in [-0.05, 0) is 50.2 Å². The lowest BCUT2D eigenvalue weighted by molar-refractivity contribution is -0.892. The van der Waals surface area contributed by atoms with E-state index in [2.05, 4.69) is 45.1 Å². The van der Waals surface area contributed by atoms with Crippen molar-refractivity contribution < 1.29 is 9.69 Å². The van der Waals surface area contributed by atoms with Crippen LogP contribution in [0.2, 0.25) is 0 Å². The van der Waals surface area contributed by atoms with E-state index in [0.717, 1.165) is 54.6 Å². The number of para-hydroxylation sites is 1. The number of amides is 1. The summed E-state index contributed by atoms with van der Waals surface area (Å²) in [6, 6.07) is 8.19. The Morgan fingerprint density at radius 2 is 1.60 bits per heavy atom. The van der Waals surface area contributed by atoms with Crippen LogP contribution in [-0.2, 0) is 17.6 Å². The summed E-state index contributed by atoms with van der Waals surface area (Å²) < 4.78 is 0. The van der Waals surface area contributed by atoms with Crippen molar-refractivity contribution >= 4 is 22.5 Å². The van der Waals surface area contributed by atoms with E-state index in [1.54, 1.807) is 0 Å². The first-order chi connectivity index (χ1) is 14.6. The molecule has 0 saturated heterocycles. The van der Waals surface area contributed by atoms with Gasteiger partial charge in [0.25, 0.3) is 5.91 Å². The zero-order valence-corrected chi connectivity index (χ0v) is 19.7. The molecule has 0 spiro atoms. The molecule has 4 heteroatoms. The molecule has 2 aromatic rings. The monoisotopic (exact) mass is 412 g/mol. The molecule has 0 radical (unpaired) electrons. The SMILES string of the molecule is CCCCC[NH+](CCCCC)CC(=O)Nc1c(CC)c(CCC)nc2ccccc12. The van der Waals surface area contributed by atoms with E-state index in [9.17, 15) is 4.79 Å². The predicted molar refractivity (Wildman–Crippen MR) is 128 cm³/mol. The smallest absolute Gasteiger partial charge is 0.279 e. The van der Waals surface area contributed by atoms with Crippen LogP contribution in [0, 0.1) is 0 Å². The van der Waals surface area contributed by atoms with E-state index in [1.165, 1.54) is 49.0 Å². The van der Waals surface area contributed by atoms with Crippen LogP contribution in [0.4, 0.5) is 5.69 Å². The second-order valence-corrected chi connectivity index (χ2v) is 8.42. The molecule has 0 aliphatic rings. The van der Waals surface area contributed by atoms with Crippen LogP contribution >= 0.6 is 0 Å². The molecule has 4 nitrogen and oxygen atoms in total. The second kappa shape index (κ2) is 13.4. The number of pyridine rings is 1. The fourth-order valence-electron chi connectivity index (χ4n) is 4.23. The average molecular weight is 413 g/mol. The number of carbonyl (C=O) groups is 1. The van der Waals surface area contributed by atoms with E-state index >= 15 is 0 Å². The van der Waals surface area contributed by atoms with E-state index in [0.29, 0.717) is 6.54 Å². The number of hydrogen-bond donors (Lipinski definition) is 2. The van der Waals surface area contributed by atoms with E-state index in [-0.39, 0.29) is 5.91 Å². The zero-order chi connectivity index (χ0) is 21.8. The number of hydrogen-bond acceptors (Lipinski definition) is 2. The van der Waals surface area contributed by atoms with Gasteiger partial charge in [-0.15, -0.1) is 0 Å². The highest BCUT2D eigenvalue weighted by Gasteiger charge is 2.19. The summed E-state index contributed by atoms with van der Waals surface area (Å²) >= 11 is 0. The first kappa shape index (κ1) is 24.3. The second-order valence-electron chi connectivity index (χ2n) is 8.42. The highest BCUT2D eigenvalue weighted by atomic mass is 16.2. The van der Waals surface area contributed by atoms with Gasteiger partial charge in [0.2, 0.25) is 0 Å². The third-order valence-corrected chi connectivity index (χ3v) is 5.86. The summed E-state index contributed by atoms with van der Waals surface area (Å²) in [7, 11) is 0. The Hall–Kier alpha value is -1.94. The van der Waals surface area contributed by atoms with Gasteiger partial charge in [0, 0.05) is 11.1 Å². The van der Waals surface area contributed by atoms with Gasteiger partial charge in [0.1, 0.15) is 0 Å². The predicted octanol–water partition coefficient (Wildman–Crippen LogP) is 4.95. The fraction of sp³-hybridized carbons (Fsp3) is 0.615. The molecule has 2 N–H and O–H groups in total. The molecule has 1 heterocycles. The van der Waals surface area contributed by atoms with Crippen molar-refractivity contribution in [3.63, 3.8) is 0 Å². The van der Waals surface area contributed by atoms with Gasteiger partial charge >= 0.3 is 0 Å². The Morgan fingerprint density at radius 3 is 2.20 bits per heavy atom. The molecule has 166 valence electrons. The topological polar surface area (TPSA) is 46.4 Å². The number of aromatic nitrogens is 1. The molecule has 1 aromatic heterocycles. The number of benzene rings is 1. The van der Waals surface area contributed by atoms with Crippen molar-refractivity contribution in [2.24, 2.45) is 0 Å². The Balaban J connectivity index is 2.22. The molecule has 0 bridgehead atoms. The highest BCUT2D eigenvalue weighted by Crippen LogP contribution is 2.29. The van der Waals surface area contributed by atoms with Crippen LogP contribution in [0.25, 0.3) is 10.9 Å². The molecular formula is C26H42N3O+. The lowest BCUT2D eigenvalue weighted by Crippen LogP contribution is -3.13. The maximum atomic E-state index is 13.1. The zero-order valence-electron chi connectivity index (χ0n) is 19.7. The number of quaternary nitrogens is 1. The molecular weight excluding hydrogens is 370 g/mol. The molecule has 0 saturated carbocycles. The number of nitrogens with zero attached hydrogens (tertiary/aromatic N) is 1. The molecule has 0 unspecified atom stereocenters. The van der Waals surface area contributed by atoms with Gasteiger partial charge in [-0.25, -0.2) is 0 Å². The van der Waals surface area contributed by atoms with Crippen molar-refractivity contribution in [1.29, 1.82) is 0 Å². The van der Waals surface area contributed by atoms with Crippen LogP contribution in [0.3, 0.4) is 0 Å². The molecule has 0 aliphatic carbocycles. The average Bonchev–Trinajstić information content (AvgIpc) is 2.74. The summed E-state index contributed by atoms with van der Waals surface area (Å²) in [4.78, 5) is 19.4. The summed E-state index contributed by atoms with van der Waals surface area (Å²) in [5, 5.41) is 4.37. The van der Waals surface area contributed by atoms with E-state index < -0.39 is 0 Å². The van der Waals surface area contributed by atoms with Crippen molar-refractivity contribution in [3.05, 3.63) is 35.5 Å². The summed E-state index contributed by atoms with van der Waals surface area (Å²) in [6.07, 6.45) is 10.2. The summed E-state index contributed by atoms with van der Waals surface area (Å²) in [6.45, 7) is 11.5. The lowest BCUT2D eigenvalue weighted by atomic mass is 10.0. The van der Waals surface area contributed by atoms with Gasteiger partial charge in [0.15, 0.2) is 6.54 Å². The minimum atomic E-state index is 0.131. The number of nitrogens with one attached hydrogen (secondary N) is 2. The molecule has 2 rings (SSSR count). The number of anilines is 1. The van der Waals surface area contributed by atoms with Crippen LogP contribution in [0.15, 0.2) is 24.3 Å². The van der Waals surface area contributed by atoms with Crippen LogP contribution in [-0.4, -0.2) is 30.5 Å². The first-order valence-electron chi connectivity index (χ1n) is 12.2. The van der Waals surface area contributed by atoms with Crippen molar-refractivity contribution in [2.75, 3.05) is 25.0 Å². The number of unbranched alkanes of at least 4 members (excludes halogenated alkanes) is 4. The minimum absolute atomic E-state index is 0.131. The number of fused-ring (bicyclic) bond motifs is 1. The van der Waals surface area contributed by atoms with Gasteiger partial charge < -0.3 is 10.2 Å². The maximum absolute atomic E-state index is 13.1. The Labute approximate surface area is 183 Å². The first-order valence-corrected chi connectivity index (χ1v) is 12.2. The third-order valence-electron chi connectivity index (χ3n) is 5.86. The molecule has 1 amide bonds. The van der Waals surface area contributed by atoms with Crippen LogP contribution < -0.4 is 10.2 Å². The Kier molecular flexibility index (Phi) is 10.9. The largest absolute Gasteiger partial charge is 0.327 e. The van der Waals surface area contributed by atoms with Crippen molar-refractivity contribution in [2.45, 2.75) is 85.5 Å². The highest BCUT2D eigenvalue weighted by molar-refractivity contribution is 6.02. The van der Waals surface area contributed by atoms with Crippen molar-refractivity contribution in [1.82, 2.24) is 4.98 Å². The standard InChI is InChI=1S/C26H41N3O/c1-5-9-13-18-29(19-14-10-6-2)20-25(30)28-26-21(8-4)23(15-7-3)27-24-17-12-11-16-22(24)26/h11-12,16-17H,5-10,13-15,18-20H2,1-4H3,(H,27,28,30)/p+1. The minimum Gasteiger partial charge on any atom is -0.327 e. The maximum Gasteiger partial charge on any atom is 0.279 e. The van der Waals surface area contributed by atoms with Gasteiger partial charge in [-0.2, -0.15) is 0 Å². The summed E-state index contributed by atoms with van der Waals surface area (Å²) in [5.41, 5.74) is 4.29. The molecule has 0 aliphatic heterocycles. The van der Waals surface area contributed by atoms with E-state index in [4.69, 9.17) is 4.98 Å². The normalized spacial score (nSPS) is 11.4. The van der Waals surface area contributed by atoms with Gasteiger partial charge in [-0.1, -0.05) is 65.2 Å². The fourth-order valence-corrected chi connectivity index (χ4v) is 4.23. The number of aryl methyl sites for hydroxylation is 1. The molecule has 0 fully saturated rings. The van der Waals surface area contributed by atoms with Crippen LogP contribution in [0.1, 0.15) is 83.9 Å². The van der Waals surface area contributed by atoms with Crippen LogP contribution in [0.5, 0.6) is 0 Å². The lowest BCUT2D eigenvalue weighted by Gasteiger charge is -2.21. The van der Waals surface area contributed by atoms with Gasteiger partial charge in [-0.3, -0.25) is 9.78 Å². The third kappa shape index (κ3) is 7.09. The Morgan fingerprint density at radius 1 is 0.933 bits per heavy atom.